The summed E-state index contributed by atoms with van der Waals surface area (Å²) >= 11 is 0. The van der Waals surface area contributed by atoms with Crippen molar-refractivity contribution in [2.45, 2.75) is 101 Å². The largest absolute Gasteiger partial charge is 1.00 e. The van der Waals surface area contributed by atoms with Gasteiger partial charge in [0, 0.05) is 24.9 Å². The number of rotatable bonds is 12. The third-order valence-corrected chi connectivity index (χ3v) is 11.7. The summed E-state index contributed by atoms with van der Waals surface area (Å²) < 4.78 is 22.0. The number of carbonyl (C=O) groups is 4. The summed E-state index contributed by atoms with van der Waals surface area (Å²) in [4.78, 5) is 51.6. The molecular weight excluding hydrogens is 804 g/mol. The minimum Gasteiger partial charge on any atom is -0.669 e. The van der Waals surface area contributed by atoms with Crippen LogP contribution in [0, 0.1) is 0 Å². The van der Waals surface area contributed by atoms with Crippen molar-refractivity contribution < 1.29 is 127 Å². The molecule has 2 amide bonds. The predicted octanol–water partition coefficient (Wildman–Crippen LogP) is -5.26. The van der Waals surface area contributed by atoms with Crippen molar-refractivity contribution in [3.05, 3.63) is 46.5 Å². The van der Waals surface area contributed by atoms with Crippen LogP contribution in [0.2, 0.25) is 12.6 Å². The van der Waals surface area contributed by atoms with Crippen molar-refractivity contribution in [2.24, 2.45) is 0 Å². The number of nitrogens with zero attached hydrogens (tertiary/aromatic N) is 2. The molecule has 6 heterocycles. The molecule has 22 heteroatoms. The van der Waals surface area contributed by atoms with E-state index in [0.717, 1.165) is 51.6 Å². The first kappa shape index (κ1) is 48.4. The van der Waals surface area contributed by atoms with E-state index in [1.54, 1.807) is 34.1 Å². The van der Waals surface area contributed by atoms with Gasteiger partial charge in [-0.1, -0.05) is 24.8 Å². The Morgan fingerprint density at radius 2 is 1.03 bits per heavy atom. The van der Waals surface area contributed by atoms with Gasteiger partial charge < -0.3 is 69.5 Å². The van der Waals surface area contributed by atoms with Crippen LogP contribution in [0.4, 0.5) is 0 Å². The van der Waals surface area contributed by atoms with Gasteiger partial charge in [0.05, 0.1) is 37.7 Å². The normalized spacial score (nSPS) is 22.3. The molecule has 0 saturated carbocycles. The summed E-state index contributed by atoms with van der Waals surface area (Å²) in [6.45, 7) is -2.50. The number of fused-ring (bicyclic) bond motifs is 2. The second-order valence-corrected chi connectivity index (χ2v) is 16.2. The van der Waals surface area contributed by atoms with Crippen LogP contribution in [0.5, 0.6) is 23.0 Å². The van der Waals surface area contributed by atoms with Crippen molar-refractivity contribution in [3.63, 3.8) is 0 Å². The van der Waals surface area contributed by atoms with Crippen molar-refractivity contribution >= 4 is 37.3 Å². The molecule has 4 saturated heterocycles. The molecule has 8 N–H and O–H groups in total. The van der Waals surface area contributed by atoms with Gasteiger partial charge in [-0.05, 0) is 87.7 Å². The first-order valence-electron chi connectivity index (χ1n) is 20.4. The average molecular weight is 856 g/mol. The number of carboxylic acid groups (broad SMARTS) is 2. The van der Waals surface area contributed by atoms with Crippen LogP contribution in [0.15, 0.2) is 24.3 Å². The first-order valence-corrected chi connectivity index (χ1v) is 20.4. The number of likely N-dealkylation sites (tertiary alicyclic amines) is 2. The van der Waals surface area contributed by atoms with Crippen molar-refractivity contribution in [1.82, 2.24) is 20.4 Å². The number of ether oxygens (including phenoxy) is 2. The molecule has 6 aliphatic rings. The molecule has 0 bridgehead atoms. The molecular formula is C38H52B2N4Na2O14. The third-order valence-electron chi connectivity index (χ3n) is 11.7. The summed E-state index contributed by atoms with van der Waals surface area (Å²) in [7, 11) is 0. The maximum absolute atomic E-state index is 12.3. The van der Waals surface area contributed by atoms with E-state index in [2.05, 4.69) is 10.6 Å². The van der Waals surface area contributed by atoms with Crippen LogP contribution >= 0.6 is 0 Å². The van der Waals surface area contributed by atoms with Crippen LogP contribution in [-0.4, -0.2) is 141 Å². The predicted molar refractivity (Wildman–Crippen MR) is 208 cm³/mol. The number of benzene rings is 2. The molecule has 6 aliphatic heterocycles. The van der Waals surface area contributed by atoms with E-state index in [-0.39, 0.29) is 130 Å². The van der Waals surface area contributed by atoms with Crippen LogP contribution in [-0.2, 0) is 22.4 Å². The molecule has 2 unspecified atom stereocenters. The smallest absolute Gasteiger partial charge is 0.669 e. The van der Waals surface area contributed by atoms with Crippen LogP contribution < -0.4 is 88.5 Å². The van der Waals surface area contributed by atoms with Crippen LogP contribution in [0.25, 0.3) is 0 Å². The summed E-state index contributed by atoms with van der Waals surface area (Å²) in [6.07, 6.45) is 7.23. The van der Waals surface area contributed by atoms with Gasteiger partial charge in [0.2, 0.25) is 11.8 Å². The van der Waals surface area contributed by atoms with E-state index < -0.39 is 25.4 Å². The Labute approximate surface area is 392 Å². The number of nitrogens with one attached hydrogen (secondary N) is 2. The van der Waals surface area contributed by atoms with Gasteiger partial charge in [-0.25, -0.2) is 9.59 Å². The SMILES string of the molecule is O=C(O)c1c(OC2CN(C(=O)CCC3CCCN3)C2)ccc2c1O[B-](O)(O)CC2.O=C(O)c1c(OC2CN(C(=O)CCC3CCCN3)C2)ccc2c1O[B-](O)(O)CC2.[Na+].[Na+]. The number of aromatic carboxylic acids is 2. The maximum atomic E-state index is 12.3. The molecule has 60 heavy (non-hydrogen) atoms. The number of carbonyl (C=O) groups excluding carboxylic acids is 2. The number of aryl methyl sites for hydroxylation is 2. The molecule has 0 radical (unpaired) electrons. The van der Waals surface area contributed by atoms with Gasteiger partial charge in [0.25, 0.3) is 0 Å². The molecule has 0 aromatic heterocycles. The van der Waals surface area contributed by atoms with Gasteiger partial charge in [0.15, 0.2) is 0 Å². The standard InChI is InChI=1S/2C19H26BN2O7.2Na/c2*23-16(6-4-13-2-1-9-21-13)22-10-14(11-22)28-15-5-3-12-7-8-20(26,27)29-18(12)17(15)19(24)25;;/h2*3,5,13-14,21,26-27H,1-2,4,6-11H2,(H,24,25);;/q2*-1;2*+1. The van der Waals surface area contributed by atoms with E-state index >= 15 is 0 Å². The monoisotopic (exact) mass is 856 g/mol. The van der Waals surface area contributed by atoms with Crippen molar-refractivity contribution in [2.75, 3.05) is 39.3 Å². The number of hydrogen-bond acceptors (Lipinski definition) is 14. The molecule has 0 aliphatic carbocycles. The van der Waals surface area contributed by atoms with E-state index in [1.165, 1.54) is 0 Å². The Morgan fingerprint density at radius 1 is 0.650 bits per heavy atom. The number of carboxylic acids is 2. The summed E-state index contributed by atoms with van der Waals surface area (Å²) in [6, 6.07) is 7.34. The minimum absolute atomic E-state index is 0. The first-order chi connectivity index (χ1) is 27.6. The molecule has 0 spiro atoms. The zero-order chi connectivity index (χ0) is 41.2. The van der Waals surface area contributed by atoms with Gasteiger partial charge in [0.1, 0.15) is 34.8 Å². The molecule has 2 aromatic rings. The Hall–Kier alpha value is -2.59. The van der Waals surface area contributed by atoms with Crippen LogP contribution in [0.1, 0.15) is 83.2 Å². The summed E-state index contributed by atoms with van der Waals surface area (Å²) in [5.41, 5.74) is 0.768. The Kier molecular flexibility index (Phi) is 16.7. The fourth-order valence-corrected chi connectivity index (χ4v) is 8.37. The minimum atomic E-state index is -3.07. The molecule has 2 atom stereocenters. The van der Waals surface area contributed by atoms with E-state index in [4.69, 9.17) is 18.8 Å². The molecule has 316 valence electrons. The average Bonchev–Trinajstić information content (AvgIpc) is 3.86. The van der Waals surface area contributed by atoms with Gasteiger partial charge >= 0.3 is 84.6 Å². The quantitative estimate of drug-likeness (QED) is 0.0929. The topological polar surface area (TPSA) is 257 Å². The Morgan fingerprint density at radius 3 is 1.37 bits per heavy atom. The third kappa shape index (κ3) is 11.9. The van der Waals surface area contributed by atoms with Gasteiger partial charge in [-0.2, -0.15) is 0 Å². The maximum Gasteiger partial charge on any atom is 1.00 e. The van der Waals surface area contributed by atoms with E-state index in [0.29, 0.717) is 75.1 Å². The number of amides is 2. The van der Waals surface area contributed by atoms with Gasteiger partial charge in [-0.15, -0.1) is 0 Å². The molecule has 8 rings (SSSR count). The van der Waals surface area contributed by atoms with E-state index in [1.807, 2.05) is 0 Å². The Balaban J connectivity index is 0.000000220. The fraction of sp³-hybridized carbons (Fsp3) is 0.579. The van der Waals surface area contributed by atoms with Crippen molar-refractivity contribution in [1.29, 1.82) is 0 Å². The van der Waals surface area contributed by atoms with Crippen molar-refractivity contribution in [3.8, 4) is 23.0 Å². The molecule has 18 nitrogen and oxygen atoms in total. The summed E-state index contributed by atoms with van der Waals surface area (Å²) in [5, 5.41) is 65.2. The molecule has 4 fully saturated rings. The number of hydrogen-bond donors (Lipinski definition) is 8. The van der Waals surface area contributed by atoms with Crippen LogP contribution in [0.3, 0.4) is 0 Å². The Bertz CT molecular complexity index is 1750. The van der Waals surface area contributed by atoms with E-state index in [9.17, 15) is 49.5 Å². The zero-order valence-electron chi connectivity index (χ0n) is 34.3. The second kappa shape index (κ2) is 20.7. The summed E-state index contributed by atoms with van der Waals surface area (Å²) in [5.74, 6) is -2.25. The second-order valence-electron chi connectivity index (χ2n) is 16.2. The molecule has 2 aromatic carbocycles. The zero-order valence-corrected chi connectivity index (χ0v) is 38.3. The van der Waals surface area contributed by atoms with Gasteiger partial charge in [-0.3, -0.25) is 9.59 Å². The fourth-order valence-electron chi connectivity index (χ4n) is 8.37.